The first-order valence-corrected chi connectivity index (χ1v) is 13.3. The highest BCUT2D eigenvalue weighted by Crippen LogP contribution is 2.68. The summed E-state index contributed by atoms with van der Waals surface area (Å²) in [7, 11) is 0. The Morgan fingerprint density at radius 3 is 2.42 bits per heavy atom. The second-order valence-corrected chi connectivity index (χ2v) is 12.9. The Kier molecular flexibility index (Phi) is 5.73. The number of hydrogen-bond acceptors (Lipinski definition) is 3. The molecule has 0 saturated heterocycles. The molecule has 5 aliphatic carbocycles. The van der Waals surface area contributed by atoms with Gasteiger partial charge in [0.2, 0.25) is 5.91 Å². The van der Waals surface area contributed by atoms with E-state index in [4.69, 9.17) is 0 Å². The summed E-state index contributed by atoms with van der Waals surface area (Å²) in [6, 6.07) is 0. The Hall–Kier alpha value is -0.610. The Morgan fingerprint density at radius 1 is 0.968 bits per heavy atom. The van der Waals surface area contributed by atoms with Crippen molar-refractivity contribution in [2.75, 3.05) is 6.54 Å². The molecule has 1 unspecified atom stereocenters. The summed E-state index contributed by atoms with van der Waals surface area (Å²) in [5.41, 5.74) is 0.548. The van der Waals surface area contributed by atoms with Crippen LogP contribution in [0.4, 0.5) is 0 Å². The van der Waals surface area contributed by atoms with Crippen molar-refractivity contribution in [2.24, 2.45) is 52.3 Å². The minimum atomic E-state index is -0.214. The molecule has 5 saturated carbocycles. The summed E-state index contributed by atoms with van der Waals surface area (Å²) < 4.78 is 0. The smallest absolute Gasteiger partial charge is 0.220 e. The first-order chi connectivity index (χ1) is 14.7. The Balaban J connectivity index is 1.29. The molecule has 0 bridgehead atoms. The zero-order valence-electron chi connectivity index (χ0n) is 20.0. The summed E-state index contributed by atoms with van der Waals surface area (Å²) in [4.78, 5) is 12.5. The lowest BCUT2D eigenvalue weighted by Crippen LogP contribution is -2.58. The third kappa shape index (κ3) is 3.78. The van der Waals surface area contributed by atoms with Crippen LogP contribution in [0.15, 0.2) is 0 Å². The van der Waals surface area contributed by atoms with Gasteiger partial charge in [-0.05, 0) is 116 Å². The molecule has 3 N–H and O–H groups in total. The fourth-order valence-electron chi connectivity index (χ4n) is 9.26. The number of nitrogens with one attached hydrogen (secondary N) is 1. The molecular formula is C27H45NO3. The van der Waals surface area contributed by atoms with Crippen LogP contribution in [-0.4, -0.2) is 34.9 Å². The van der Waals surface area contributed by atoms with E-state index < -0.39 is 0 Å². The van der Waals surface area contributed by atoms with Gasteiger partial charge >= 0.3 is 0 Å². The van der Waals surface area contributed by atoms with E-state index in [1.165, 1.54) is 38.5 Å². The van der Waals surface area contributed by atoms with Crippen LogP contribution < -0.4 is 5.32 Å². The maximum absolute atomic E-state index is 12.5. The third-order valence-electron chi connectivity index (χ3n) is 11.2. The highest BCUT2D eigenvalue weighted by Gasteiger charge is 2.62. The molecule has 0 aromatic rings. The van der Waals surface area contributed by atoms with Crippen molar-refractivity contribution in [1.82, 2.24) is 5.32 Å². The molecule has 0 radical (unpaired) electrons. The quantitative estimate of drug-likeness (QED) is 0.599. The standard InChI is InChI=1S/C27H45NO3/c1-16(12-24(31)28-15-17-4-5-17)20-6-7-21-25-22(9-11-27(20,21)3)26(2)10-8-19(29)13-18(26)14-23(25)30/h16-23,25,29-30H,4-15H2,1-3H3,(H,28,31)/t16-,18+,19-,20?,21+,22+,23+,25+,26+,27-/m1/s1. The van der Waals surface area contributed by atoms with Gasteiger partial charge in [-0.2, -0.15) is 0 Å². The van der Waals surface area contributed by atoms with Crippen LogP contribution in [0.25, 0.3) is 0 Å². The molecule has 10 atom stereocenters. The second-order valence-electron chi connectivity index (χ2n) is 12.9. The highest BCUT2D eigenvalue weighted by atomic mass is 16.3. The number of fused-ring (bicyclic) bond motifs is 5. The van der Waals surface area contributed by atoms with Gasteiger partial charge in [0.25, 0.3) is 0 Å². The van der Waals surface area contributed by atoms with Crippen LogP contribution in [0, 0.1) is 52.3 Å². The predicted molar refractivity (Wildman–Crippen MR) is 122 cm³/mol. The largest absolute Gasteiger partial charge is 0.393 e. The van der Waals surface area contributed by atoms with Crippen molar-refractivity contribution in [3.8, 4) is 0 Å². The topological polar surface area (TPSA) is 69.6 Å². The van der Waals surface area contributed by atoms with Crippen LogP contribution in [0.3, 0.4) is 0 Å². The highest BCUT2D eigenvalue weighted by molar-refractivity contribution is 5.76. The summed E-state index contributed by atoms with van der Waals surface area (Å²) in [5, 5.41) is 24.8. The molecule has 0 aliphatic heterocycles. The minimum absolute atomic E-state index is 0.168. The molecule has 5 fully saturated rings. The van der Waals surface area contributed by atoms with Crippen LogP contribution >= 0.6 is 0 Å². The molecule has 5 rings (SSSR count). The first kappa shape index (κ1) is 22.2. The van der Waals surface area contributed by atoms with Gasteiger partial charge in [-0.15, -0.1) is 0 Å². The minimum Gasteiger partial charge on any atom is -0.393 e. The van der Waals surface area contributed by atoms with Gasteiger partial charge in [-0.3, -0.25) is 4.79 Å². The SMILES string of the molecule is C[C@H](CC(=O)NCC1CC1)C1CC[C@H]2[C@@H]3[C@@H](O)C[C@@H]4C[C@H](O)CC[C@]4(C)[C@H]3CC[C@]12C. The van der Waals surface area contributed by atoms with Gasteiger partial charge in [0.1, 0.15) is 0 Å². The molecular weight excluding hydrogens is 386 g/mol. The molecule has 4 heteroatoms. The molecule has 0 aromatic heterocycles. The third-order valence-corrected chi connectivity index (χ3v) is 11.2. The molecule has 5 aliphatic rings. The van der Waals surface area contributed by atoms with Crippen LogP contribution in [0.5, 0.6) is 0 Å². The van der Waals surface area contributed by atoms with Gasteiger partial charge in [0.05, 0.1) is 12.2 Å². The van der Waals surface area contributed by atoms with Crippen LogP contribution in [0.2, 0.25) is 0 Å². The summed E-state index contributed by atoms with van der Waals surface area (Å²) in [6.45, 7) is 8.16. The number of carbonyl (C=O) groups excluding carboxylic acids is 1. The fraction of sp³-hybridized carbons (Fsp3) is 0.963. The van der Waals surface area contributed by atoms with E-state index in [0.717, 1.165) is 38.1 Å². The van der Waals surface area contributed by atoms with E-state index in [1.807, 2.05) is 0 Å². The molecule has 4 nitrogen and oxygen atoms in total. The Bertz CT molecular complexity index is 692. The Morgan fingerprint density at radius 2 is 1.68 bits per heavy atom. The number of aliphatic hydroxyl groups is 2. The van der Waals surface area contributed by atoms with E-state index in [0.29, 0.717) is 41.9 Å². The lowest BCUT2D eigenvalue weighted by atomic mass is 9.43. The fourth-order valence-corrected chi connectivity index (χ4v) is 9.26. The predicted octanol–water partition coefficient (Wildman–Crippen LogP) is 4.53. The monoisotopic (exact) mass is 431 g/mol. The maximum Gasteiger partial charge on any atom is 0.220 e. The lowest BCUT2D eigenvalue weighted by molar-refractivity contribution is -0.174. The Labute approximate surface area is 188 Å². The van der Waals surface area contributed by atoms with Crippen molar-refractivity contribution >= 4 is 5.91 Å². The van der Waals surface area contributed by atoms with Gasteiger partial charge in [-0.1, -0.05) is 20.8 Å². The summed E-state index contributed by atoms with van der Waals surface area (Å²) in [6.07, 6.45) is 11.6. The maximum atomic E-state index is 12.5. The lowest BCUT2D eigenvalue weighted by Gasteiger charge is -2.62. The number of carbonyl (C=O) groups is 1. The van der Waals surface area contributed by atoms with Crippen LogP contribution in [0.1, 0.15) is 91.4 Å². The average Bonchev–Trinajstić information content (AvgIpc) is 3.47. The first-order valence-electron chi connectivity index (χ1n) is 13.3. The second kappa shape index (κ2) is 8.01. The molecule has 31 heavy (non-hydrogen) atoms. The number of hydrogen-bond donors (Lipinski definition) is 3. The summed E-state index contributed by atoms with van der Waals surface area (Å²) >= 11 is 0. The number of aliphatic hydroxyl groups excluding tert-OH is 2. The number of rotatable bonds is 5. The van der Waals surface area contributed by atoms with E-state index in [-0.39, 0.29) is 28.9 Å². The number of amides is 1. The van der Waals surface area contributed by atoms with Gasteiger partial charge < -0.3 is 15.5 Å². The molecule has 176 valence electrons. The van der Waals surface area contributed by atoms with Crippen molar-refractivity contribution in [3.05, 3.63) is 0 Å². The van der Waals surface area contributed by atoms with E-state index in [1.54, 1.807) is 0 Å². The van der Waals surface area contributed by atoms with Crippen molar-refractivity contribution in [1.29, 1.82) is 0 Å². The van der Waals surface area contributed by atoms with Gasteiger partial charge in [0.15, 0.2) is 0 Å². The average molecular weight is 432 g/mol. The van der Waals surface area contributed by atoms with Gasteiger partial charge in [0, 0.05) is 13.0 Å². The van der Waals surface area contributed by atoms with Crippen molar-refractivity contribution in [2.45, 2.75) is 104 Å². The van der Waals surface area contributed by atoms with Gasteiger partial charge in [-0.25, -0.2) is 0 Å². The van der Waals surface area contributed by atoms with E-state index in [9.17, 15) is 15.0 Å². The summed E-state index contributed by atoms with van der Waals surface area (Å²) in [5.74, 6) is 4.07. The zero-order valence-corrected chi connectivity index (χ0v) is 20.0. The zero-order chi connectivity index (χ0) is 22.0. The normalized spacial score (nSPS) is 50.2. The van der Waals surface area contributed by atoms with Crippen molar-refractivity contribution < 1.29 is 15.0 Å². The van der Waals surface area contributed by atoms with E-state index in [2.05, 4.69) is 26.1 Å². The van der Waals surface area contributed by atoms with Crippen LogP contribution in [-0.2, 0) is 4.79 Å². The molecule has 0 aromatic carbocycles. The molecule has 0 heterocycles. The van der Waals surface area contributed by atoms with Crippen molar-refractivity contribution in [3.63, 3.8) is 0 Å². The molecule has 1 amide bonds. The molecule has 0 spiro atoms. The van der Waals surface area contributed by atoms with E-state index >= 15 is 0 Å².